The van der Waals surface area contributed by atoms with Crippen LogP contribution in [-0.4, -0.2) is 30.7 Å². The molecule has 3 aromatic rings. The van der Waals surface area contributed by atoms with Crippen LogP contribution in [0, 0.1) is 40.9 Å². The second-order valence-electron chi connectivity index (χ2n) is 11.8. The van der Waals surface area contributed by atoms with Gasteiger partial charge in [-0.05, 0) is 67.3 Å². The summed E-state index contributed by atoms with van der Waals surface area (Å²) in [5.74, 6) is -0.169. The van der Waals surface area contributed by atoms with Gasteiger partial charge in [-0.15, -0.1) is 11.3 Å². The van der Waals surface area contributed by atoms with Crippen molar-refractivity contribution in [1.82, 2.24) is 0 Å². The Labute approximate surface area is 247 Å². The lowest BCUT2D eigenvalue weighted by molar-refractivity contribution is -0.125. The van der Waals surface area contributed by atoms with Gasteiger partial charge in [0.05, 0.1) is 30.2 Å². The molecule has 0 N–H and O–H groups in total. The number of nitrogens with zero attached hydrogens (tertiary/aromatic N) is 3. The van der Waals surface area contributed by atoms with Gasteiger partial charge >= 0.3 is 0 Å². The molecule has 6 atom stereocenters. The van der Waals surface area contributed by atoms with Crippen molar-refractivity contribution < 1.29 is 23.9 Å². The molecule has 9 heteroatoms. The molecule has 2 aromatic carbocycles. The first-order valence-electron chi connectivity index (χ1n) is 14.6. The van der Waals surface area contributed by atoms with Crippen molar-refractivity contribution in [1.29, 1.82) is 5.26 Å². The Balaban J connectivity index is 1.07. The lowest BCUT2D eigenvalue weighted by atomic mass is 9.71. The molecule has 3 heterocycles. The van der Waals surface area contributed by atoms with E-state index in [1.807, 2.05) is 48.5 Å². The average molecular weight is 580 g/mol. The van der Waals surface area contributed by atoms with Crippen LogP contribution in [-0.2, 0) is 33.9 Å². The fraction of sp³-hybridized carbons (Fsp3) is 0.394. The molecule has 0 spiro atoms. The SMILES string of the molecule is COc1cc(C2=NOC3C4CC(C23)C2C(=O)N(c3sc5c(c3C#N)CCCC5)C(=O)C42)ccc1OCc1ccccc1. The van der Waals surface area contributed by atoms with Crippen molar-refractivity contribution in [2.24, 2.45) is 34.7 Å². The first-order chi connectivity index (χ1) is 20.6. The number of fused-ring (bicyclic) bond motifs is 9. The van der Waals surface area contributed by atoms with E-state index in [1.165, 1.54) is 16.2 Å². The van der Waals surface area contributed by atoms with E-state index < -0.39 is 11.8 Å². The van der Waals surface area contributed by atoms with E-state index in [-0.39, 0.29) is 35.7 Å². The molecule has 5 aliphatic rings. The molecule has 2 saturated carbocycles. The first kappa shape index (κ1) is 25.5. The van der Waals surface area contributed by atoms with Crippen LogP contribution in [0.15, 0.2) is 53.7 Å². The van der Waals surface area contributed by atoms with Crippen LogP contribution in [0.4, 0.5) is 5.00 Å². The summed E-state index contributed by atoms with van der Waals surface area (Å²) in [4.78, 5) is 36.4. The Hall–Kier alpha value is -4.16. The molecule has 1 aromatic heterocycles. The van der Waals surface area contributed by atoms with Gasteiger partial charge < -0.3 is 14.3 Å². The van der Waals surface area contributed by atoms with Gasteiger partial charge in [0.1, 0.15) is 23.8 Å². The highest BCUT2D eigenvalue weighted by Crippen LogP contribution is 2.62. The number of rotatable bonds is 6. The molecule has 42 heavy (non-hydrogen) atoms. The van der Waals surface area contributed by atoms with Crippen molar-refractivity contribution in [2.75, 3.05) is 12.0 Å². The highest BCUT2D eigenvalue weighted by Gasteiger charge is 2.70. The summed E-state index contributed by atoms with van der Waals surface area (Å²) in [6.45, 7) is 0.422. The Kier molecular flexibility index (Phi) is 5.90. The lowest BCUT2D eigenvalue weighted by Gasteiger charge is -2.29. The number of hydrogen-bond donors (Lipinski definition) is 0. The summed E-state index contributed by atoms with van der Waals surface area (Å²) in [6, 6.07) is 18.0. The summed E-state index contributed by atoms with van der Waals surface area (Å²) in [5.41, 5.74) is 4.27. The molecule has 2 amide bonds. The van der Waals surface area contributed by atoms with E-state index >= 15 is 0 Å². The quantitative estimate of drug-likeness (QED) is 0.369. The van der Waals surface area contributed by atoms with Crippen LogP contribution < -0.4 is 14.4 Å². The van der Waals surface area contributed by atoms with Crippen LogP contribution in [0.3, 0.4) is 0 Å². The standard InChI is InChI=1S/C33H29N3O5S/c1-39-24-13-18(11-12-23(24)40-16-17-7-3-2-4-8-17)29-28-20-14-21(30(28)41-35-29)27-26(20)31(37)36(32(27)38)33-22(15-34)19-9-5-6-10-25(19)42-33/h2-4,7-8,11-13,20-21,26-28,30H,5-6,9-10,14,16H2,1H3. The minimum atomic E-state index is -0.424. The number of carbonyl (C=O) groups excluding carboxylic acids is 2. The third-order valence-electron chi connectivity index (χ3n) is 9.85. The third-order valence-corrected chi connectivity index (χ3v) is 11.1. The largest absolute Gasteiger partial charge is 0.493 e. The van der Waals surface area contributed by atoms with Crippen LogP contribution in [0.25, 0.3) is 0 Å². The predicted octanol–water partition coefficient (Wildman–Crippen LogP) is 5.26. The number of methoxy groups -OCH3 is 1. The zero-order valence-corrected chi connectivity index (χ0v) is 23.9. The molecular weight excluding hydrogens is 550 g/mol. The summed E-state index contributed by atoms with van der Waals surface area (Å²) >= 11 is 1.46. The molecule has 212 valence electrons. The normalized spacial score (nSPS) is 28.6. The van der Waals surface area contributed by atoms with Crippen LogP contribution in [0.1, 0.15) is 46.4 Å². The Bertz CT molecular complexity index is 1690. The smallest absolute Gasteiger partial charge is 0.238 e. The fourth-order valence-corrected chi connectivity index (χ4v) is 9.42. The fourth-order valence-electron chi connectivity index (χ4n) is 8.07. The summed E-state index contributed by atoms with van der Waals surface area (Å²) in [7, 11) is 1.61. The minimum Gasteiger partial charge on any atom is -0.493 e. The molecule has 0 radical (unpaired) electrons. The third kappa shape index (κ3) is 3.61. The van der Waals surface area contributed by atoms with Crippen LogP contribution >= 0.6 is 11.3 Å². The van der Waals surface area contributed by atoms with Gasteiger partial charge in [0, 0.05) is 22.3 Å². The number of ether oxygens (including phenoxy) is 2. The van der Waals surface area contributed by atoms with Crippen molar-refractivity contribution in [2.45, 2.75) is 44.8 Å². The topological polar surface area (TPSA) is 101 Å². The summed E-state index contributed by atoms with van der Waals surface area (Å²) in [5, 5.41) is 15.0. The molecule has 6 unspecified atom stereocenters. The van der Waals surface area contributed by atoms with E-state index in [0.717, 1.165) is 59.4 Å². The van der Waals surface area contributed by atoms with Crippen molar-refractivity contribution >= 4 is 33.9 Å². The average Bonchev–Trinajstić information content (AvgIpc) is 3.82. The van der Waals surface area contributed by atoms with Crippen LogP contribution in [0.2, 0.25) is 0 Å². The molecule has 8 rings (SSSR count). The number of benzene rings is 2. The lowest BCUT2D eigenvalue weighted by Crippen LogP contribution is -2.41. The van der Waals surface area contributed by atoms with Gasteiger partial charge in [-0.1, -0.05) is 35.5 Å². The number of carbonyl (C=O) groups is 2. The second-order valence-corrected chi connectivity index (χ2v) is 12.9. The highest BCUT2D eigenvalue weighted by molar-refractivity contribution is 7.17. The van der Waals surface area contributed by atoms with E-state index in [1.54, 1.807) is 7.11 Å². The van der Waals surface area contributed by atoms with Gasteiger partial charge in [-0.3, -0.25) is 9.59 Å². The van der Waals surface area contributed by atoms with Gasteiger partial charge in [0.2, 0.25) is 11.8 Å². The van der Waals surface area contributed by atoms with Crippen molar-refractivity contribution in [3.8, 4) is 17.6 Å². The maximum absolute atomic E-state index is 14.0. The number of aryl methyl sites for hydroxylation is 1. The molecule has 8 nitrogen and oxygen atoms in total. The number of nitriles is 1. The van der Waals surface area contributed by atoms with E-state index in [2.05, 4.69) is 11.2 Å². The highest BCUT2D eigenvalue weighted by atomic mass is 32.1. The number of amides is 2. The van der Waals surface area contributed by atoms with Gasteiger partial charge in [0.15, 0.2) is 11.5 Å². The Morgan fingerprint density at radius 2 is 1.81 bits per heavy atom. The molecule has 2 aliphatic heterocycles. The number of thiophene rings is 1. The monoisotopic (exact) mass is 579 g/mol. The minimum absolute atomic E-state index is 0.0483. The van der Waals surface area contributed by atoms with Gasteiger partial charge in [0.25, 0.3) is 0 Å². The predicted molar refractivity (Wildman–Crippen MR) is 155 cm³/mol. The summed E-state index contributed by atoms with van der Waals surface area (Å²) in [6.07, 6.45) is 4.36. The molecular formula is C33H29N3O5S. The molecule has 2 bridgehead atoms. The van der Waals surface area contributed by atoms with E-state index in [4.69, 9.17) is 14.3 Å². The zero-order chi connectivity index (χ0) is 28.5. The molecule has 1 saturated heterocycles. The number of oxime groups is 1. The molecule has 3 aliphatic carbocycles. The summed E-state index contributed by atoms with van der Waals surface area (Å²) < 4.78 is 11.7. The Morgan fingerprint density at radius 3 is 2.60 bits per heavy atom. The van der Waals surface area contributed by atoms with E-state index in [0.29, 0.717) is 28.7 Å². The zero-order valence-electron chi connectivity index (χ0n) is 23.1. The number of anilines is 1. The van der Waals surface area contributed by atoms with Crippen LogP contribution in [0.5, 0.6) is 11.5 Å². The van der Waals surface area contributed by atoms with Crippen molar-refractivity contribution in [3.05, 3.63) is 75.7 Å². The van der Waals surface area contributed by atoms with Crippen molar-refractivity contribution in [3.63, 3.8) is 0 Å². The first-order valence-corrected chi connectivity index (χ1v) is 15.4. The second kappa shape index (κ2) is 9.70. The molecule has 3 fully saturated rings. The number of hydrogen-bond acceptors (Lipinski definition) is 8. The van der Waals surface area contributed by atoms with E-state index in [9.17, 15) is 14.9 Å². The van der Waals surface area contributed by atoms with Gasteiger partial charge in [-0.25, -0.2) is 4.90 Å². The number of imide groups is 1. The van der Waals surface area contributed by atoms with Gasteiger partial charge in [-0.2, -0.15) is 5.26 Å². The Morgan fingerprint density at radius 1 is 1.02 bits per heavy atom. The maximum Gasteiger partial charge on any atom is 0.238 e. The maximum atomic E-state index is 14.0.